The summed E-state index contributed by atoms with van der Waals surface area (Å²) in [6.07, 6.45) is 1.41. The fraction of sp³-hybridized carbons (Fsp3) is 0. The number of benzene rings is 2. The summed E-state index contributed by atoms with van der Waals surface area (Å²) >= 11 is 0. The van der Waals surface area contributed by atoms with Crippen molar-refractivity contribution in [2.45, 2.75) is 4.90 Å². The van der Waals surface area contributed by atoms with Crippen molar-refractivity contribution in [1.29, 1.82) is 0 Å². The smallest absolute Gasteiger partial charge is 0.238 e. The van der Waals surface area contributed by atoms with Gasteiger partial charge in [0.15, 0.2) is 0 Å². The second-order valence-electron chi connectivity index (χ2n) is 4.31. The van der Waals surface area contributed by atoms with Crippen molar-refractivity contribution in [2.75, 3.05) is 0 Å². The molecule has 106 valence electrons. The van der Waals surface area contributed by atoms with Gasteiger partial charge in [0.05, 0.1) is 15.8 Å². The number of aromatic nitrogens is 2. The van der Waals surface area contributed by atoms with Gasteiger partial charge >= 0.3 is 0 Å². The van der Waals surface area contributed by atoms with Crippen LogP contribution in [0.25, 0.3) is 10.9 Å². The van der Waals surface area contributed by atoms with E-state index in [0.717, 1.165) is 10.9 Å². The summed E-state index contributed by atoms with van der Waals surface area (Å²) in [7, 11) is -3.71. The van der Waals surface area contributed by atoms with Crippen LogP contribution in [0.5, 0.6) is 11.6 Å². The van der Waals surface area contributed by atoms with E-state index in [2.05, 4.69) is 9.97 Å². The third-order valence-corrected chi connectivity index (χ3v) is 3.80. The molecule has 0 fully saturated rings. The summed E-state index contributed by atoms with van der Waals surface area (Å²) in [5.41, 5.74) is 0.767. The first-order valence-corrected chi connectivity index (χ1v) is 7.59. The molecule has 3 rings (SSSR count). The summed E-state index contributed by atoms with van der Waals surface area (Å²) in [4.78, 5) is 8.27. The van der Waals surface area contributed by atoms with Crippen molar-refractivity contribution in [3.05, 3.63) is 54.9 Å². The number of hydrogen-bond acceptors (Lipinski definition) is 5. The number of nitrogens with zero attached hydrogens (tertiary/aromatic N) is 2. The SMILES string of the molecule is NS(=O)(=O)c1ccc(Oc2ncnc3ccccc23)cc1. The molecule has 0 aliphatic heterocycles. The first-order valence-electron chi connectivity index (χ1n) is 6.04. The predicted molar refractivity (Wildman–Crippen MR) is 77.4 cm³/mol. The molecule has 0 aliphatic rings. The molecular formula is C14H11N3O3S. The quantitative estimate of drug-likeness (QED) is 0.799. The number of rotatable bonds is 3. The molecule has 21 heavy (non-hydrogen) atoms. The molecule has 1 heterocycles. The highest BCUT2D eigenvalue weighted by Gasteiger charge is 2.09. The molecule has 6 nitrogen and oxygen atoms in total. The Labute approximate surface area is 121 Å². The van der Waals surface area contributed by atoms with Crippen LogP contribution in [-0.4, -0.2) is 18.4 Å². The Hall–Kier alpha value is -2.51. The number of nitrogens with two attached hydrogens (primary N) is 1. The van der Waals surface area contributed by atoms with Gasteiger partial charge in [-0.25, -0.2) is 23.5 Å². The summed E-state index contributed by atoms with van der Waals surface area (Å²) in [6.45, 7) is 0. The Morgan fingerprint density at radius 1 is 0.952 bits per heavy atom. The van der Waals surface area contributed by atoms with Gasteiger partial charge in [-0.1, -0.05) is 12.1 Å². The van der Waals surface area contributed by atoms with Gasteiger partial charge in [0.2, 0.25) is 15.9 Å². The fourth-order valence-corrected chi connectivity index (χ4v) is 2.39. The summed E-state index contributed by atoms with van der Waals surface area (Å²) in [5.74, 6) is 0.871. The molecule has 0 unspecified atom stereocenters. The Kier molecular flexibility index (Phi) is 3.28. The zero-order chi connectivity index (χ0) is 14.9. The molecule has 2 N–H and O–H groups in total. The van der Waals surface area contributed by atoms with Crippen LogP contribution in [0.4, 0.5) is 0 Å². The number of sulfonamides is 1. The second kappa shape index (κ2) is 5.12. The maximum Gasteiger partial charge on any atom is 0.238 e. The zero-order valence-corrected chi connectivity index (χ0v) is 11.6. The van der Waals surface area contributed by atoms with Gasteiger partial charge in [0.25, 0.3) is 0 Å². The van der Waals surface area contributed by atoms with E-state index >= 15 is 0 Å². The highest BCUT2D eigenvalue weighted by Crippen LogP contribution is 2.26. The molecule has 0 radical (unpaired) electrons. The van der Waals surface area contributed by atoms with E-state index in [1.807, 2.05) is 24.3 Å². The molecule has 0 bridgehead atoms. The predicted octanol–water partition coefficient (Wildman–Crippen LogP) is 2.07. The number of hydrogen-bond donors (Lipinski definition) is 1. The maximum atomic E-state index is 11.2. The van der Waals surface area contributed by atoms with Crippen molar-refractivity contribution >= 4 is 20.9 Å². The standard InChI is InChI=1S/C14H11N3O3S/c15-21(18,19)11-7-5-10(6-8-11)20-14-12-3-1-2-4-13(12)16-9-17-14/h1-9H,(H2,15,18,19). The summed E-state index contributed by atoms with van der Waals surface area (Å²) in [5, 5.41) is 5.82. The lowest BCUT2D eigenvalue weighted by Gasteiger charge is -2.07. The second-order valence-corrected chi connectivity index (χ2v) is 5.88. The Bertz CT molecular complexity index is 887. The van der Waals surface area contributed by atoms with Crippen molar-refractivity contribution < 1.29 is 13.2 Å². The van der Waals surface area contributed by atoms with Crippen LogP contribution in [0, 0.1) is 0 Å². The van der Waals surface area contributed by atoms with Gasteiger partial charge in [0.1, 0.15) is 12.1 Å². The van der Waals surface area contributed by atoms with E-state index < -0.39 is 10.0 Å². The molecule has 0 saturated carbocycles. The van der Waals surface area contributed by atoms with Crippen LogP contribution in [0.2, 0.25) is 0 Å². The Morgan fingerprint density at radius 3 is 2.38 bits per heavy atom. The summed E-state index contributed by atoms with van der Waals surface area (Å²) in [6, 6.07) is 13.3. The minimum absolute atomic E-state index is 0.0300. The molecular weight excluding hydrogens is 290 g/mol. The zero-order valence-electron chi connectivity index (χ0n) is 10.8. The normalized spacial score (nSPS) is 11.5. The monoisotopic (exact) mass is 301 g/mol. The van der Waals surface area contributed by atoms with Crippen LogP contribution in [-0.2, 0) is 10.0 Å². The van der Waals surface area contributed by atoms with Crippen LogP contribution in [0.1, 0.15) is 0 Å². The van der Waals surface area contributed by atoms with Crippen molar-refractivity contribution in [3.8, 4) is 11.6 Å². The van der Waals surface area contributed by atoms with Gasteiger partial charge in [-0.05, 0) is 36.4 Å². The van der Waals surface area contributed by atoms with Gasteiger partial charge in [-0.3, -0.25) is 0 Å². The maximum absolute atomic E-state index is 11.2. The number of primary sulfonamides is 1. The van der Waals surface area contributed by atoms with E-state index in [1.165, 1.54) is 30.6 Å². The largest absolute Gasteiger partial charge is 0.438 e. The van der Waals surface area contributed by atoms with Gasteiger partial charge in [0, 0.05) is 0 Å². The average Bonchev–Trinajstić information content (AvgIpc) is 2.47. The topological polar surface area (TPSA) is 95.2 Å². The number of fused-ring (bicyclic) bond motifs is 1. The van der Waals surface area contributed by atoms with Crippen molar-refractivity contribution in [3.63, 3.8) is 0 Å². The van der Waals surface area contributed by atoms with E-state index in [-0.39, 0.29) is 4.90 Å². The van der Waals surface area contributed by atoms with E-state index in [1.54, 1.807) is 0 Å². The Morgan fingerprint density at radius 2 is 1.67 bits per heavy atom. The molecule has 0 amide bonds. The van der Waals surface area contributed by atoms with Gasteiger partial charge in [-0.2, -0.15) is 0 Å². The minimum atomic E-state index is -3.71. The van der Waals surface area contributed by atoms with Crippen LogP contribution < -0.4 is 9.88 Å². The molecule has 7 heteroatoms. The molecule has 2 aromatic carbocycles. The third kappa shape index (κ3) is 2.83. The lowest BCUT2D eigenvalue weighted by atomic mass is 10.2. The number of para-hydroxylation sites is 1. The summed E-state index contributed by atoms with van der Waals surface area (Å²) < 4.78 is 28.1. The molecule has 0 aliphatic carbocycles. The minimum Gasteiger partial charge on any atom is -0.438 e. The van der Waals surface area contributed by atoms with Crippen molar-refractivity contribution in [2.24, 2.45) is 5.14 Å². The molecule has 3 aromatic rings. The van der Waals surface area contributed by atoms with E-state index in [0.29, 0.717) is 11.6 Å². The van der Waals surface area contributed by atoms with Crippen LogP contribution in [0.15, 0.2) is 59.8 Å². The first-order chi connectivity index (χ1) is 10.0. The molecule has 1 aromatic heterocycles. The lowest BCUT2D eigenvalue weighted by Crippen LogP contribution is -2.11. The van der Waals surface area contributed by atoms with Crippen molar-refractivity contribution in [1.82, 2.24) is 9.97 Å². The van der Waals surface area contributed by atoms with Gasteiger partial charge < -0.3 is 4.74 Å². The third-order valence-electron chi connectivity index (χ3n) is 2.87. The van der Waals surface area contributed by atoms with Gasteiger partial charge in [-0.15, -0.1) is 0 Å². The first kappa shape index (κ1) is 13.5. The highest BCUT2D eigenvalue weighted by atomic mass is 32.2. The molecule has 0 spiro atoms. The lowest BCUT2D eigenvalue weighted by molar-refractivity contribution is 0.467. The molecule has 0 atom stereocenters. The Balaban J connectivity index is 1.96. The van der Waals surface area contributed by atoms with Crippen LogP contribution in [0.3, 0.4) is 0 Å². The number of ether oxygens (including phenoxy) is 1. The van der Waals surface area contributed by atoms with Crippen LogP contribution >= 0.6 is 0 Å². The van der Waals surface area contributed by atoms with E-state index in [9.17, 15) is 8.42 Å². The highest BCUT2D eigenvalue weighted by molar-refractivity contribution is 7.89. The molecule has 0 saturated heterocycles. The fourth-order valence-electron chi connectivity index (χ4n) is 1.87. The van der Waals surface area contributed by atoms with E-state index in [4.69, 9.17) is 9.88 Å². The average molecular weight is 301 g/mol.